The van der Waals surface area contributed by atoms with Crippen LogP contribution in [0.15, 0.2) is 0 Å². The molecule has 0 N–H and O–H groups in total. The SMILES string of the molecule is CC[C@H]1CC[C@H]2[C@@H]3CCC4C(Br)C(=O)CC[C@]4(C)[C@H]3CC[C@]12C. The third-order valence-corrected chi connectivity index (χ3v) is 10.4. The zero-order chi connectivity index (χ0) is 16.4. The molecule has 0 bridgehead atoms. The Morgan fingerprint density at radius 2 is 1.65 bits per heavy atom. The van der Waals surface area contributed by atoms with Gasteiger partial charge in [0.2, 0.25) is 0 Å². The second-order valence-corrected chi connectivity index (χ2v) is 10.6. The topological polar surface area (TPSA) is 17.1 Å². The van der Waals surface area contributed by atoms with E-state index < -0.39 is 0 Å². The summed E-state index contributed by atoms with van der Waals surface area (Å²) in [6.45, 7) is 7.58. The lowest BCUT2D eigenvalue weighted by Crippen LogP contribution is -2.56. The van der Waals surface area contributed by atoms with Gasteiger partial charge in [-0.3, -0.25) is 4.79 Å². The standard InChI is InChI=1S/C21H33BrO/c1-4-13-5-7-15-14-6-8-17-19(22)18(23)10-12-21(17,3)16(14)9-11-20(13,15)2/h13-17,19H,4-12H2,1-3H3/t13-,14-,15-,16-,17?,19?,20+,21+/m0/s1. The van der Waals surface area contributed by atoms with E-state index in [1.807, 2.05) is 0 Å². The molecule has 4 aliphatic carbocycles. The summed E-state index contributed by atoms with van der Waals surface area (Å²) in [4.78, 5) is 12.4. The molecule has 4 aliphatic rings. The van der Waals surface area contributed by atoms with Crippen LogP contribution in [0.3, 0.4) is 0 Å². The van der Waals surface area contributed by atoms with Crippen LogP contribution in [0.5, 0.6) is 0 Å². The van der Waals surface area contributed by atoms with Gasteiger partial charge in [0, 0.05) is 6.42 Å². The average Bonchev–Trinajstić information content (AvgIpc) is 2.88. The Bertz CT molecular complexity index is 502. The molecule has 1 nitrogen and oxygen atoms in total. The lowest BCUT2D eigenvalue weighted by molar-refractivity contribution is -0.137. The summed E-state index contributed by atoms with van der Waals surface area (Å²) >= 11 is 3.79. The molecule has 0 amide bonds. The molecule has 4 rings (SSSR count). The predicted molar refractivity (Wildman–Crippen MR) is 98.6 cm³/mol. The fourth-order valence-electron chi connectivity index (χ4n) is 7.87. The normalized spacial score (nSPS) is 55.9. The van der Waals surface area contributed by atoms with Gasteiger partial charge in [-0.25, -0.2) is 0 Å². The van der Waals surface area contributed by atoms with Crippen LogP contribution in [0.1, 0.15) is 78.6 Å². The zero-order valence-corrected chi connectivity index (χ0v) is 16.7. The van der Waals surface area contributed by atoms with Gasteiger partial charge in [0.05, 0.1) is 4.83 Å². The van der Waals surface area contributed by atoms with Crippen molar-refractivity contribution in [1.29, 1.82) is 0 Å². The number of Topliss-reactive ketones (excluding diaryl/α,β-unsaturated/α-hetero) is 1. The Morgan fingerprint density at radius 1 is 0.957 bits per heavy atom. The van der Waals surface area contributed by atoms with Gasteiger partial charge >= 0.3 is 0 Å². The molecule has 130 valence electrons. The van der Waals surface area contributed by atoms with Gasteiger partial charge in [-0.1, -0.05) is 43.1 Å². The second-order valence-electron chi connectivity index (χ2n) is 9.66. The lowest BCUT2D eigenvalue weighted by atomic mass is 9.44. The van der Waals surface area contributed by atoms with Gasteiger partial charge in [-0.05, 0) is 85.4 Å². The van der Waals surface area contributed by atoms with Gasteiger partial charge in [-0.15, -0.1) is 0 Å². The average molecular weight is 381 g/mol. The molecule has 0 heterocycles. The first kappa shape index (κ1) is 16.6. The predicted octanol–water partition coefficient (Wildman–Crippen LogP) is 6.00. The summed E-state index contributed by atoms with van der Waals surface area (Å²) in [6, 6.07) is 0. The number of hydrogen-bond donors (Lipinski definition) is 0. The maximum Gasteiger partial charge on any atom is 0.146 e. The molecule has 23 heavy (non-hydrogen) atoms. The highest BCUT2D eigenvalue weighted by Gasteiger charge is 2.61. The first-order valence-electron chi connectivity index (χ1n) is 10.1. The quantitative estimate of drug-likeness (QED) is 0.509. The number of rotatable bonds is 1. The van der Waals surface area contributed by atoms with Crippen molar-refractivity contribution in [2.24, 2.45) is 40.4 Å². The van der Waals surface area contributed by atoms with Crippen LogP contribution in [-0.2, 0) is 4.79 Å². The van der Waals surface area contributed by atoms with Crippen molar-refractivity contribution < 1.29 is 4.79 Å². The van der Waals surface area contributed by atoms with E-state index in [1.54, 1.807) is 0 Å². The summed E-state index contributed by atoms with van der Waals surface area (Å²) in [7, 11) is 0. The summed E-state index contributed by atoms with van der Waals surface area (Å²) in [6.07, 6.45) is 11.8. The lowest BCUT2D eigenvalue weighted by Gasteiger charge is -2.61. The summed E-state index contributed by atoms with van der Waals surface area (Å²) in [5, 5.41) is 0. The maximum atomic E-state index is 12.2. The minimum Gasteiger partial charge on any atom is -0.298 e. The summed E-state index contributed by atoms with van der Waals surface area (Å²) in [5.74, 6) is 4.82. The van der Waals surface area contributed by atoms with Crippen molar-refractivity contribution >= 4 is 21.7 Å². The van der Waals surface area contributed by atoms with Crippen molar-refractivity contribution in [3.63, 3.8) is 0 Å². The third-order valence-electron chi connectivity index (χ3n) is 9.20. The van der Waals surface area contributed by atoms with Gasteiger partial charge in [-0.2, -0.15) is 0 Å². The van der Waals surface area contributed by atoms with Crippen molar-refractivity contribution in [3.8, 4) is 0 Å². The Hall–Kier alpha value is 0.150. The van der Waals surface area contributed by atoms with Crippen LogP contribution in [0.4, 0.5) is 0 Å². The number of fused-ring (bicyclic) bond motifs is 5. The highest BCUT2D eigenvalue weighted by Crippen LogP contribution is 2.67. The van der Waals surface area contributed by atoms with Crippen LogP contribution in [0, 0.1) is 40.4 Å². The van der Waals surface area contributed by atoms with E-state index in [9.17, 15) is 4.79 Å². The number of ketones is 1. The molecule has 0 aromatic rings. The van der Waals surface area contributed by atoms with Crippen molar-refractivity contribution in [2.75, 3.05) is 0 Å². The largest absolute Gasteiger partial charge is 0.298 e. The van der Waals surface area contributed by atoms with E-state index >= 15 is 0 Å². The molecule has 0 saturated heterocycles. The van der Waals surface area contributed by atoms with Gasteiger partial charge < -0.3 is 0 Å². The fraction of sp³-hybridized carbons (Fsp3) is 0.952. The Kier molecular flexibility index (Phi) is 4.03. The van der Waals surface area contributed by atoms with Crippen LogP contribution in [0.2, 0.25) is 0 Å². The van der Waals surface area contributed by atoms with Crippen LogP contribution >= 0.6 is 15.9 Å². The van der Waals surface area contributed by atoms with E-state index in [1.165, 1.54) is 44.9 Å². The molecular weight excluding hydrogens is 348 g/mol. The number of carbonyl (C=O) groups excluding carboxylic acids is 1. The first-order chi connectivity index (χ1) is 10.9. The van der Waals surface area contributed by atoms with E-state index in [0.717, 1.165) is 36.5 Å². The Balaban J connectivity index is 1.64. The summed E-state index contributed by atoms with van der Waals surface area (Å²) in [5.41, 5.74) is 1.04. The number of carbonyl (C=O) groups is 1. The van der Waals surface area contributed by atoms with Crippen LogP contribution < -0.4 is 0 Å². The molecule has 4 fully saturated rings. The zero-order valence-electron chi connectivity index (χ0n) is 15.1. The Morgan fingerprint density at radius 3 is 2.39 bits per heavy atom. The Labute approximate surface area is 150 Å². The molecule has 0 spiro atoms. The first-order valence-corrected chi connectivity index (χ1v) is 11.0. The summed E-state index contributed by atoms with van der Waals surface area (Å²) < 4.78 is 0. The van der Waals surface area contributed by atoms with Crippen molar-refractivity contribution in [3.05, 3.63) is 0 Å². The molecule has 0 aromatic heterocycles. The second kappa shape index (κ2) is 5.58. The van der Waals surface area contributed by atoms with E-state index in [0.29, 0.717) is 22.5 Å². The fourth-order valence-corrected chi connectivity index (χ4v) is 8.97. The molecule has 0 radical (unpaired) electrons. The monoisotopic (exact) mass is 380 g/mol. The van der Waals surface area contributed by atoms with E-state index in [-0.39, 0.29) is 4.83 Å². The smallest absolute Gasteiger partial charge is 0.146 e. The molecule has 0 aliphatic heterocycles. The van der Waals surface area contributed by atoms with Crippen molar-refractivity contribution in [1.82, 2.24) is 0 Å². The maximum absolute atomic E-state index is 12.2. The van der Waals surface area contributed by atoms with Crippen LogP contribution in [0.25, 0.3) is 0 Å². The van der Waals surface area contributed by atoms with Crippen molar-refractivity contribution in [2.45, 2.75) is 83.4 Å². The van der Waals surface area contributed by atoms with Crippen LogP contribution in [-0.4, -0.2) is 10.6 Å². The molecule has 4 saturated carbocycles. The van der Waals surface area contributed by atoms with E-state index in [2.05, 4.69) is 36.7 Å². The molecule has 2 heteroatoms. The molecule has 8 atom stereocenters. The molecule has 0 aromatic carbocycles. The third kappa shape index (κ3) is 2.19. The molecule has 2 unspecified atom stereocenters. The highest BCUT2D eigenvalue weighted by molar-refractivity contribution is 9.10. The van der Waals surface area contributed by atoms with Gasteiger partial charge in [0.15, 0.2) is 0 Å². The van der Waals surface area contributed by atoms with E-state index in [4.69, 9.17) is 0 Å². The number of hydrogen-bond acceptors (Lipinski definition) is 1. The minimum atomic E-state index is 0.141. The minimum absolute atomic E-state index is 0.141. The van der Waals surface area contributed by atoms with Gasteiger partial charge in [0.25, 0.3) is 0 Å². The van der Waals surface area contributed by atoms with Gasteiger partial charge in [0.1, 0.15) is 5.78 Å². The molecular formula is C21H33BrO. The highest BCUT2D eigenvalue weighted by atomic mass is 79.9. The number of halogens is 1. The number of alkyl halides is 1.